The highest BCUT2D eigenvalue weighted by atomic mass is 79.9. The highest BCUT2D eigenvalue weighted by Gasteiger charge is 2.27. The molecule has 0 amide bonds. The maximum absolute atomic E-state index is 9.63. The zero-order chi connectivity index (χ0) is 11.5. The SMILES string of the molecule is COc1cc(Br)ccc1O[C@H]1CNC[C@@H]1O. The molecule has 2 N–H and O–H groups in total. The summed E-state index contributed by atoms with van der Waals surface area (Å²) in [7, 11) is 1.60. The lowest BCUT2D eigenvalue weighted by molar-refractivity contribution is 0.0718. The van der Waals surface area contributed by atoms with Crippen molar-refractivity contribution in [3.63, 3.8) is 0 Å². The van der Waals surface area contributed by atoms with Gasteiger partial charge in [-0.15, -0.1) is 0 Å². The molecule has 1 aliphatic heterocycles. The highest BCUT2D eigenvalue weighted by molar-refractivity contribution is 9.10. The average molecular weight is 288 g/mol. The number of benzene rings is 1. The van der Waals surface area contributed by atoms with Crippen LogP contribution in [0.3, 0.4) is 0 Å². The van der Waals surface area contributed by atoms with Crippen molar-refractivity contribution in [3.8, 4) is 11.5 Å². The molecule has 1 fully saturated rings. The van der Waals surface area contributed by atoms with Gasteiger partial charge in [0.2, 0.25) is 0 Å². The number of hydrogen-bond donors (Lipinski definition) is 2. The first-order valence-electron chi connectivity index (χ1n) is 5.09. The third kappa shape index (κ3) is 2.48. The smallest absolute Gasteiger partial charge is 0.161 e. The first-order valence-corrected chi connectivity index (χ1v) is 5.89. The molecular formula is C11H14BrNO3. The lowest BCUT2D eigenvalue weighted by Crippen LogP contribution is -2.29. The summed E-state index contributed by atoms with van der Waals surface area (Å²) in [4.78, 5) is 0. The van der Waals surface area contributed by atoms with E-state index in [0.717, 1.165) is 4.47 Å². The second-order valence-corrected chi connectivity index (χ2v) is 4.59. The van der Waals surface area contributed by atoms with Crippen molar-refractivity contribution in [2.75, 3.05) is 20.2 Å². The molecule has 1 aromatic rings. The van der Waals surface area contributed by atoms with Gasteiger partial charge in [0.15, 0.2) is 11.5 Å². The van der Waals surface area contributed by atoms with Gasteiger partial charge in [-0.1, -0.05) is 15.9 Å². The van der Waals surface area contributed by atoms with E-state index in [1.807, 2.05) is 18.2 Å². The van der Waals surface area contributed by atoms with Crippen LogP contribution in [0.4, 0.5) is 0 Å². The molecule has 2 rings (SSSR count). The molecule has 16 heavy (non-hydrogen) atoms. The van der Waals surface area contributed by atoms with Crippen LogP contribution in [-0.2, 0) is 0 Å². The van der Waals surface area contributed by atoms with Crippen molar-refractivity contribution < 1.29 is 14.6 Å². The fraction of sp³-hybridized carbons (Fsp3) is 0.455. The van der Waals surface area contributed by atoms with Gasteiger partial charge in [0.25, 0.3) is 0 Å². The van der Waals surface area contributed by atoms with E-state index in [9.17, 15) is 5.11 Å². The standard InChI is InChI=1S/C11H14BrNO3/c1-15-10-4-7(12)2-3-9(10)16-11-6-13-5-8(11)14/h2-4,8,11,13-14H,5-6H2,1H3/t8-,11-/m0/s1. The number of aliphatic hydroxyl groups is 1. The average Bonchev–Trinajstić information content (AvgIpc) is 2.67. The molecule has 0 spiro atoms. The van der Waals surface area contributed by atoms with E-state index in [1.165, 1.54) is 0 Å². The number of nitrogens with one attached hydrogen (secondary N) is 1. The van der Waals surface area contributed by atoms with Crippen LogP contribution in [0.5, 0.6) is 11.5 Å². The minimum absolute atomic E-state index is 0.213. The summed E-state index contributed by atoms with van der Waals surface area (Å²) < 4.78 is 11.9. The largest absolute Gasteiger partial charge is 0.493 e. The number of rotatable bonds is 3. The summed E-state index contributed by atoms with van der Waals surface area (Å²) in [5.41, 5.74) is 0. The normalized spacial score (nSPS) is 24.4. The fourth-order valence-corrected chi connectivity index (χ4v) is 2.00. The summed E-state index contributed by atoms with van der Waals surface area (Å²) in [5, 5.41) is 12.7. The van der Waals surface area contributed by atoms with Crippen LogP contribution in [0.2, 0.25) is 0 Å². The van der Waals surface area contributed by atoms with Crippen LogP contribution in [0.1, 0.15) is 0 Å². The zero-order valence-corrected chi connectivity index (χ0v) is 10.5. The molecule has 0 bridgehead atoms. The first kappa shape index (κ1) is 11.7. The lowest BCUT2D eigenvalue weighted by Gasteiger charge is -2.18. The van der Waals surface area contributed by atoms with E-state index in [-0.39, 0.29) is 6.10 Å². The maximum Gasteiger partial charge on any atom is 0.161 e. The molecule has 1 aliphatic rings. The predicted octanol–water partition coefficient (Wildman–Crippen LogP) is 1.17. The predicted molar refractivity (Wildman–Crippen MR) is 64.0 cm³/mol. The van der Waals surface area contributed by atoms with Crippen LogP contribution in [0, 0.1) is 0 Å². The number of halogens is 1. The summed E-state index contributed by atoms with van der Waals surface area (Å²) in [6.45, 7) is 1.23. The topological polar surface area (TPSA) is 50.7 Å². The van der Waals surface area contributed by atoms with Gasteiger partial charge >= 0.3 is 0 Å². The van der Waals surface area contributed by atoms with E-state index in [4.69, 9.17) is 9.47 Å². The van der Waals surface area contributed by atoms with E-state index < -0.39 is 6.10 Å². The third-order valence-electron chi connectivity index (χ3n) is 2.53. The summed E-state index contributed by atoms with van der Waals surface area (Å²) in [6.07, 6.45) is -0.677. The molecule has 1 saturated heterocycles. The fourth-order valence-electron chi connectivity index (χ4n) is 1.66. The number of β-amino-alcohol motifs (C(OH)–C–C–N with tert-alkyl or cyclic N) is 1. The van der Waals surface area contributed by atoms with Crippen molar-refractivity contribution in [2.24, 2.45) is 0 Å². The van der Waals surface area contributed by atoms with Crippen molar-refractivity contribution in [1.29, 1.82) is 0 Å². The summed E-state index contributed by atoms with van der Waals surface area (Å²) in [6, 6.07) is 5.55. The van der Waals surface area contributed by atoms with Crippen molar-refractivity contribution >= 4 is 15.9 Å². The Morgan fingerprint density at radius 3 is 2.81 bits per heavy atom. The molecule has 88 valence electrons. The van der Waals surface area contributed by atoms with Crippen molar-refractivity contribution in [2.45, 2.75) is 12.2 Å². The van der Waals surface area contributed by atoms with Crippen LogP contribution in [0.15, 0.2) is 22.7 Å². The highest BCUT2D eigenvalue weighted by Crippen LogP contribution is 2.31. The Bertz CT molecular complexity index is 372. The Hall–Kier alpha value is -0.780. The number of ether oxygens (including phenoxy) is 2. The Morgan fingerprint density at radius 2 is 2.19 bits per heavy atom. The number of aliphatic hydroxyl groups excluding tert-OH is 1. The van der Waals surface area contributed by atoms with Gasteiger partial charge in [0, 0.05) is 17.6 Å². The van der Waals surface area contributed by atoms with Gasteiger partial charge in [-0.3, -0.25) is 0 Å². The Morgan fingerprint density at radius 1 is 1.38 bits per heavy atom. The van der Waals surface area contributed by atoms with E-state index in [1.54, 1.807) is 7.11 Å². The van der Waals surface area contributed by atoms with Crippen molar-refractivity contribution in [3.05, 3.63) is 22.7 Å². The minimum atomic E-state index is -0.464. The second-order valence-electron chi connectivity index (χ2n) is 3.68. The van der Waals surface area contributed by atoms with E-state index in [0.29, 0.717) is 24.6 Å². The molecule has 1 aromatic carbocycles. The maximum atomic E-state index is 9.63. The molecule has 0 aliphatic carbocycles. The quantitative estimate of drug-likeness (QED) is 0.876. The van der Waals surface area contributed by atoms with E-state index in [2.05, 4.69) is 21.2 Å². The van der Waals surface area contributed by atoms with Gasteiger partial charge in [0.05, 0.1) is 7.11 Å². The molecule has 0 unspecified atom stereocenters. The molecular weight excluding hydrogens is 274 g/mol. The molecule has 4 nitrogen and oxygen atoms in total. The third-order valence-corrected chi connectivity index (χ3v) is 3.03. The van der Waals surface area contributed by atoms with Gasteiger partial charge in [0.1, 0.15) is 12.2 Å². The van der Waals surface area contributed by atoms with Gasteiger partial charge < -0.3 is 19.9 Å². The molecule has 0 saturated carbocycles. The lowest BCUT2D eigenvalue weighted by atomic mass is 10.2. The monoisotopic (exact) mass is 287 g/mol. The van der Waals surface area contributed by atoms with Crippen LogP contribution in [-0.4, -0.2) is 37.5 Å². The Balaban J connectivity index is 2.14. The van der Waals surface area contributed by atoms with Crippen LogP contribution in [0.25, 0.3) is 0 Å². The minimum Gasteiger partial charge on any atom is -0.493 e. The number of hydrogen-bond acceptors (Lipinski definition) is 4. The van der Waals surface area contributed by atoms with Crippen LogP contribution < -0.4 is 14.8 Å². The van der Waals surface area contributed by atoms with Gasteiger partial charge in [-0.05, 0) is 18.2 Å². The van der Waals surface area contributed by atoms with Crippen molar-refractivity contribution in [1.82, 2.24) is 5.32 Å². The molecule has 0 aromatic heterocycles. The zero-order valence-electron chi connectivity index (χ0n) is 8.94. The van der Waals surface area contributed by atoms with E-state index >= 15 is 0 Å². The first-order chi connectivity index (χ1) is 7.70. The molecule has 2 atom stereocenters. The summed E-state index contributed by atoms with van der Waals surface area (Å²) in [5.74, 6) is 1.31. The van der Waals surface area contributed by atoms with Gasteiger partial charge in [-0.2, -0.15) is 0 Å². The summed E-state index contributed by atoms with van der Waals surface area (Å²) >= 11 is 3.36. The molecule has 5 heteroatoms. The number of methoxy groups -OCH3 is 1. The Kier molecular flexibility index (Phi) is 3.68. The molecule has 1 heterocycles. The molecule has 0 radical (unpaired) electrons. The Labute approximate surface area is 103 Å². The second kappa shape index (κ2) is 5.03. The van der Waals surface area contributed by atoms with Crippen LogP contribution >= 0.6 is 15.9 Å². The van der Waals surface area contributed by atoms with Gasteiger partial charge in [-0.25, -0.2) is 0 Å².